The lowest BCUT2D eigenvalue weighted by Gasteiger charge is -2.06. The molecule has 98 valence electrons. The summed E-state index contributed by atoms with van der Waals surface area (Å²) in [4.78, 5) is 16.0. The normalized spacial score (nSPS) is 11.2. The molecule has 0 aromatic carbocycles. The summed E-state index contributed by atoms with van der Waals surface area (Å²) in [7, 11) is 1.77. The third-order valence-corrected chi connectivity index (χ3v) is 4.04. The van der Waals surface area contributed by atoms with Crippen molar-refractivity contribution in [3.8, 4) is 5.82 Å². The van der Waals surface area contributed by atoms with Crippen LogP contribution in [0.4, 0.5) is 5.95 Å². The summed E-state index contributed by atoms with van der Waals surface area (Å²) in [5, 5.41) is 7.42. The van der Waals surface area contributed by atoms with Crippen molar-refractivity contribution < 1.29 is 0 Å². The van der Waals surface area contributed by atoms with Crippen molar-refractivity contribution >= 4 is 33.0 Å². The van der Waals surface area contributed by atoms with Crippen molar-refractivity contribution in [1.29, 1.82) is 0 Å². The number of aromatic amines is 1. The molecule has 0 saturated carbocycles. The zero-order valence-electron chi connectivity index (χ0n) is 10.7. The van der Waals surface area contributed by atoms with Gasteiger partial charge in [0.1, 0.15) is 5.52 Å². The Morgan fingerprint density at radius 2 is 2.11 bits per heavy atom. The standard InChI is InChI=1S/C11H12BrN7/c1-5-7(12)6(2)19(18-5)10-8-9(15-4-14-8)16-11(13-3)17-10/h4H,1-3H3,(H2,13,14,15,16,17). The van der Waals surface area contributed by atoms with Gasteiger partial charge >= 0.3 is 0 Å². The summed E-state index contributed by atoms with van der Waals surface area (Å²) in [5.41, 5.74) is 3.26. The smallest absolute Gasteiger partial charge is 0.226 e. The van der Waals surface area contributed by atoms with Gasteiger partial charge in [0, 0.05) is 7.05 Å². The van der Waals surface area contributed by atoms with E-state index in [1.54, 1.807) is 18.1 Å². The second kappa shape index (κ2) is 4.30. The largest absolute Gasteiger partial charge is 0.357 e. The average Bonchev–Trinajstić information content (AvgIpc) is 2.98. The van der Waals surface area contributed by atoms with Crippen molar-refractivity contribution in [2.24, 2.45) is 0 Å². The number of hydrogen-bond acceptors (Lipinski definition) is 5. The number of aromatic nitrogens is 6. The van der Waals surface area contributed by atoms with Gasteiger partial charge < -0.3 is 10.3 Å². The molecule has 0 amide bonds. The average molecular weight is 322 g/mol. The molecule has 19 heavy (non-hydrogen) atoms. The van der Waals surface area contributed by atoms with E-state index in [4.69, 9.17) is 0 Å². The van der Waals surface area contributed by atoms with Gasteiger partial charge in [0.05, 0.1) is 22.2 Å². The molecule has 3 aromatic heterocycles. The van der Waals surface area contributed by atoms with Crippen LogP contribution in [0.3, 0.4) is 0 Å². The molecule has 0 unspecified atom stereocenters. The SMILES string of the molecule is CNc1nc(-n2nc(C)c(Br)c2C)c2[nH]cnc2n1. The third-order valence-electron chi connectivity index (χ3n) is 2.89. The lowest BCUT2D eigenvalue weighted by atomic mass is 10.4. The molecule has 3 rings (SSSR count). The summed E-state index contributed by atoms with van der Waals surface area (Å²) in [6, 6.07) is 0. The van der Waals surface area contributed by atoms with Crippen LogP contribution in [0.2, 0.25) is 0 Å². The Hall–Kier alpha value is -1.96. The van der Waals surface area contributed by atoms with Gasteiger partial charge in [-0.05, 0) is 29.8 Å². The zero-order chi connectivity index (χ0) is 13.6. The fourth-order valence-corrected chi connectivity index (χ4v) is 2.16. The van der Waals surface area contributed by atoms with Crippen LogP contribution >= 0.6 is 15.9 Å². The molecule has 0 spiro atoms. The first kappa shape index (κ1) is 12.1. The van der Waals surface area contributed by atoms with E-state index >= 15 is 0 Å². The molecule has 0 radical (unpaired) electrons. The molecule has 0 aliphatic rings. The van der Waals surface area contributed by atoms with Crippen LogP contribution in [-0.2, 0) is 0 Å². The summed E-state index contributed by atoms with van der Waals surface area (Å²) >= 11 is 3.52. The second-order valence-electron chi connectivity index (χ2n) is 4.12. The Morgan fingerprint density at radius 1 is 1.32 bits per heavy atom. The first-order valence-corrected chi connectivity index (χ1v) is 6.52. The Bertz CT molecular complexity index is 758. The molecule has 7 nitrogen and oxygen atoms in total. The van der Waals surface area contributed by atoms with E-state index < -0.39 is 0 Å². The van der Waals surface area contributed by atoms with Gasteiger partial charge in [-0.25, -0.2) is 9.67 Å². The number of hydrogen-bond donors (Lipinski definition) is 2. The van der Waals surface area contributed by atoms with Crippen molar-refractivity contribution in [2.75, 3.05) is 12.4 Å². The highest BCUT2D eigenvalue weighted by Gasteiger charge is 2.16. The summed E-state index contributed by atoms with van der Waals surface area (Å²) in [5.74, 6) is 1.19. The lowest BCUT2D eigenvalue weighted by molar-refractivity contribution is 0.809. The maximum Gasteiger partial charge on any atom is 0.226 e. The molecule has 2 N–H and O–H groups in total. The number of aryl methyl sites for hydroxylation is 1. The fraction of sp³-hybridized carbons (Fsp3) is 0.273. The van der Waals surface area contributed by atoms with Gasteiger partial charge in [-0.3, -0.25) is 0 Å². The van der Waals surface area contributed by atoms with E-state index in [1.165, 1.54) is 0 Å². The van der Waals surface area contributed by atoms with E-state index in [0.29, 0.717) is 17.4 Å². The number of imidazole rings is 1. The van der Waals surface area contributed by atoms with Gasteiger partial charge in [0.15, 0.2) is 11.5 Å². The summed E-state index contributed by atoms with van der Waals surface area (Å²) in [6.07, 6.45) is 1.60. The molecule has 3 heterocycles. The van der Waals surface area contributed by atoms with E-state index in [2.05, 4.69) is 46.3 Å². The van der Waals surface area contributed by atoms with Crippen LogP contribution in [0.5, 0.6) is 0 Å². The van der Waals surface area contributed by atoms with Crippen LogP contribution in [0.25, 0.3) is 17.0 Å². The van der Waals surface area contributed by atoms with E-state index in [-0.39, 0.29) is 0 Å². The molecule has 0 saturated heterocycles. The molecule has 0 aliphatic carbocycles. The maximum absolute atomic E-state index is 4.49. The van der Waals surface area contributed by atoms with Crippen molar-refractivity contribution in [1.82, 2.24) is 29.7 Å². The molecular formula is C11H12BrN7. The molecule has 0 fully saturated rings. The number of anilines is 1. The first-order valence-electron chi connectivity index (χ1n) is 5.72. The lowest BCUT2D eigenvalue weighted by Crippen LogP contribution is -2.07. The van der Waals surface area contributed by atoms with Crippen LogP contribution in [-0.4, -0.2) is 36.8 Å². The minimum absolute atomic E-state index is 0.512. The molecule has 0 bridgehead atoms. The maximum atomic E-state index is 4.49. The number of fused-ring (bicyclic) bond motifs is 1. The Morgan fingerprint density at radius 3 is 2.74 bits per heavy atom. The predicted molar refractivity (Wildman–Crippen MR) is 75.5 cm³/mol. The topological polar surface area (TPSA) is 84.3 Å². The molecule has 8 heteroatoms. The highest BCUT2D eigenvalue weighted by Crippen LogP contribution is 2.25. The molecule has 3 aromatic rings. The van der Waals surface area contributed by atoms with Gasteiger partial charge in [0.2, 0.25) is 5.95 Å². The molecule has 0 atom stereocenters. The summed E-state index contributed by atoms with van der Waals surface area (Å²) in [6.45, 7) is 3.92. The van der Waals surface area contributed by atoms with Gasteiger partial charge in [-0.1, -0.05) is 0 Å². The number of halogens is 1. The Labute approximate surface area is 117 Å². The van der Waals surface area contributed by atoms with Crippen LogP contribution in [0.15, 0.2) is 10.8 Å². The minimum atomic E-state index is 0.512. The number of nitrogens with zero attached hydrogens (tertiary/aromatic N) is 5. The van der Waals surface area contributed by atoms with Crippen molar-refractivity contribution in [3.63, 3.8) is 0 Å². The van der Waals surface area contributed by atoms with Crippen molar-refractivity contribution in [2.45, 2.75) is 13.8 Å². The van der Waals surface area contributed by atoms with Crippen molar-refractivity contribution in [3.05, 3.63) is 22.2 Å². The van der Waals surface area contributed by atoms with Gasteiger partial charge in [-0.15, -0.1) is 0 Å². The monoisotopic (exact) mass is 321 g/mol. The first-order chi connectivity index (χ1) is 9.11. The van der Waals surface area contributed by atoms with Crippen LogP contribution in [0, 0.1) is 13.8 Å². The van der Waals surface area contributed by atoms with Crippen LogP contribution in [0.1, 0.15) is 11.4 Å². The third kappa shape index (κ3) is 1.79. The Kier molecular flexibility index (Phi) is 2.74. The minimum Gasteiger partial charge on any atom is -0.357 e. The van der Waals surface area contributed by atoms with Crippen LogP contribution < -0.4 is 5.32 Å². The quantitative estimate of drug-likeness (QED) is 0.753. The van der Waals surface area contributed by atoms with Gasteiger partial charge in [0.25, 0.3) is 0 Å². The molecule has 0 aliphatic heterocycles. The number of H-pyrrole nitrogens is 1. The highest BCUT2D eigenvalue weighted by molar-refractivity contribution is 9.10. The molecular weight excluding hydrogens is 310 g/mol. The van der Waals surface area contributed by atoms with E-state index in [0.717, 1.165) is 21.4 Å². The highest BCUT2D eigenvalue weighted by atomic mass is 79.9. The fourth-order valence-electron chi connectivity index (χ4n) is 1.91. The Balaban J connectivity index is 2.34. The number of rotatable bonds is 2. The summed E-state index contributed by atoms with van der Waals surface area (Å²) < 4.78 is 2.76. The van der Waals surface area contributed by atoms with E-state index in [1.807, 2.05) is 13.8 Å². The zero-order valence-corrected chi connectivity index (χ0v) is 12.3. The predicted octanol–water partition coefficient (Wildman–Crippen LogP) is 1.96. The van der Waals surface area contributed by atoms with E-state index in [9.17, 15) is 0 Å². The second-order valence-corrected chi connectivity index (χ2v) is 4.91. The van der Waals surface area contributed by atoms with Gasteiger partial charge in [-0.2, -0.15) is 15.1 Å². The number of nitrogens with one attached hydrogen (secondary N) is 2.